The molecule has 0 spiro atoms. The number of rotatable bonds is 4. The zero-order valence-corrected chi connectivity index (χ0v) is 7.94. The van der Waals surface area contributed by atoms with Gasteiger partial charge in [0.25, 0.3) is 5.84 Å². The monoisotopic (exact) mass is 211 g/mol. The van der Waals surface area contributed by atoms with Crippen molar-refractivity contribution in [3.05, 3.63) is 0 Å². The summed E-state index contributed by atoms with van der Waals surface area (Å²) in [5, 5.41) is 8.33. The summed E-state index contributed by atoms with van der Waals surface area (Å²) in [6.45, 7) is -0.383. The van der Waals surface area contributed by atoms with Crippen LogP contribution >= 0.6 is 7.60 Å². The Morgan fingerprint density at radius 2 is 2.00 bits per heavy atom. The average Bonchev–Trinajstić information content (AvgIpc) is 1.81. The van der Waals surface area contributed by atoms with Gasteiger partial charge in [0.2, 0.25) is 0 Å². The normalized spacial score (nSPS) is 13.8. The van der Waals surface area contributed by atoms with Crippen molar-refractivity contribution in [2.45, 2.75) is 0 Å². The molecule has 0 rings (SSSR count). The summed E-state index contributed by atoms with van der Waals surface area (Å²) in [5.74, 6) is -1.26. The minimum Gasteiger partial charge on any atom is -0.478 e. The molecule has 0 heterocycles. The van der Waals surface area contributed by atoms with Gasteiger partial charge in [0.15, 0.2) is 6.54 Å². The van der Waals surface area contributed by atoms with E-state index in [0.717, 1.165) is 4.58 Å². The van der Waals surface area contributed by atoms with Gasteiger partial charge in [-0.25, -0.2) is 4.79 Å². The number of aliphatic carboxylic acids is 1. The number of nitrogens with two attached hydrogens (primary N) is 1. The lowest BCUT2D eigenvalue weighted by Crippen LogP contribution is -2.32. The first kappa shape index (κ1) is 12.1. The first-order valence-corrected chi connectivity index (χ1v) is 5.11. The molecule has 5 N–H and O–H groups in total. The van der Waals surface area contributed by atoms with E-state index in [9.17, 15) is 9.36 Å². The molecule has 0 fully saturated rings. The number of carbonyl (C=O) groups is 1. The van der Waals surface area contributed by atoms with E-state index in [1.54, 1.807) is 0 Å². The third-order valence-corrected chi connectivity index (χ3v) is 1.97. The van der Waals surface area contributed by atoms with Crippen LogP contribution in [0.4, 0.5) is 0 Å². The molecule has 7 nitrogen and oxygen atoms in total. The predicted molar refractivity (Wildman–Crippen MR) is 44.8 cm³/mol. The van der Waals surface area contributed by atoms with E-state index in [-0.39, 0.29) is 12.4 Å². The van der Waals surface area contributed by atoms with Crippen LogP contribution in [0.1, 0.15) is 0 Å². The van der Waals surface area contributed by atoms with Crippen molar-refractivity contribution in [3.8, 4) is 0 Å². The van der Waals surface area contributed by atoms with Crippen LogP contribution in [0.25, 0.3) is 0 Å². The van der Waals surface area contributed by atoms with Crippen LogP contribution in [0.2, 0.25) is 0 Å². The number of hydrogen-bond acceptors (Lipinski definition) is 2. The van der Waals surface area contributed by atoms with Gasteiger partial charge in [-0.15, -0.1) is 0 Å². The molecule has 0 aromatic heterocycles. The number of hydrogen-bond donors (Lipinski definition) is 4. The van der Waals surface area contributed by atoms with Crippen molar-refractivity contribution < 1.29 is 28.8 Å². The molecular formula is C5H12N2O5P+. The quantitative estimate of drug-likeness (QED) is 0.189. The first-order valence-electron chi connectivity index (χ1n) is 3.31. The predicted octanol–water partition coefficient (Wildman–Crippen LogP) is -1.75. The lowest BCUT2D eigenvalue weighted by atomic mass is 10.6. The van der Waals surface area contributed by atoms with Crippen molar-refractivity contribution in [3.63, 3.8) is 0 Å². The van der Waals surface area contributed by atoms with Gasteiger partial charge in [-0.2, -0.15) is 0 Å². The Hall–Kier alpha value is -0.910. The smallest absolute Gasteiger partial charge is 0.345 e. The highest BCUT2D eigenvalue weighted by atomic mass is 31.2. The molecule has 0 atom stereocenters. The molecule has 0 aliphatic carbocycles. The Kier molecular flexibility index (Phi) is 4.06. The molecule has 13 heavy (non-hydrogen) atoms. The number of carboxylic acids is 1. The maximum absolute atomic E-state index is 10.5. The van der Waals surface area contributed by atoms with E-state index in [1.165, 1.54) is 7.05 Å². The largest absolute Gasteiger partial charge is 0.478 e. The van der Waals surface area contributed by atoms with E-state index in [4.69, 9.17) is 20.6 Å². The van der Waals surface area contributed by atoms with Crippen LogP contribution in [0.3, 0.4) is 0 Å². The van der Waals surface area contributed by atoms with Crippen molar-refractivity contribution >= 4 is 19.4 Å². The Bertz CT molecular complexity index is 281. The zero-order chi connectivity index (χ0) is 10.6. The Labute approximate surface area is 74.7 Å². The molecule has 0 aliphatic heterocycles. The Balaban J connectivity index is 4.45. The fourth-order valence-corrected chi connectivity index (χ4v) is 1.30. The fourth-order valence-electron chi connectivity index (χ4n) is 0.636. The van der Waals surface area contributed by atoms with Gasteiger partial charge in [0.1, 0.15) is 6.16 Å². The molecule has 0 bridgehead atoms. The number of carboxylic acid groups (broad SMARTS) is 1. The molecule has 0 aromatic carbocycles. The second-order valence-corrected chi connectivity index (χ2v) is 4.21. The molecule has 0 saturated carbocycles. The van der Waals surface area contributed by atoms with E-state index >= 15 is 0 Å². The maximum atomic E-state index is 10.5. The lowest BCUT2D eigenvalue weighted by molar-refractivity contribution is -0.488. The summed E-state index contributed by atoms with van der Waals surface area (Å²) in [7, 11) is -2.87. The summed E-state index contributed by atoms with van der Waals surface area (Å²) in [6, 6.07) is 0. The summed E-state index contributed by atoms with van der Waals surface area (Å²) in [4.78, 5) is 27.2. The summed E-state index contributed by atoms with van der Waals surface area (Å²) in [6.07, 6.45) is -0.628. The number of nitrogens with zero attached hydrogens (tertiary/aromatic N) is 1. The van der Waals surface area contributed by atoms with Gasteiger partial charge in [0, 0.05) is 0 Å². The summed E-state index contributed by atoms with van der Waals surface area (Å²) < 4.78 is 11.5. The molecule has 0 aromatic rings. The van der Waals surface area contributed by atoms with Crippen LogP contribution in [0, 0.1) is 0 Å². The number of likely N-dealkylation sites (N-methyl/N-ethyl adjacent to an activating group) is 1. The third kappa shape index (κ3) is 6.27. The second kappa shape index (κ2) is 4.36. The lowest BCUT2D eigenvalue weighted by Gasteiger charge is -2.03. The highest BCUT2D eigenvalue weighted by Crippen LogP contribution is 2.33. The molecule has 0 amide bonds. The van der Waals surface area contributed by atoms with Gasteiger partial charge in [0.05, 0.1) is 7.05 Å². The van der Waals surface area contributed by atoms with Crippen molar-refractivity contribution in [2.24, 2.45) is 5.73 Å². The average molecular weight is 211 g/mol. The molecule has 0 unspecified atom stereocenters. The van der Waals surface area contributed by atoms with Crippen LogP contribution < -0.4 is 5.73 Å². The van der Waals surface area contributed by atoms with Gasteiger partial charge in [-0.1, -0.05) is 0 Å². The molecule has 0 saturated heterocycles. The maximum Gasteiger partial charge on any atom is 0.345 e. The van der Waals surface area contributed by atoms with E-state index in [1.807, 2.05) is 0 Å². The molecular weight excluding hydrogens is 199 g/mol. The number of amidine groups is 1. The minimum atomic E-state index is -4.22. The minimum absolute atomic E-state index is 0.143. The Morgan fingerprint density at radius 1 is 1.54 bits per heavy atom. The first-order chi connectivity index (χ1) is 5.72. The molecule has 0 radical (unpaired) electrons. The van der Waals surface area contributed by atoms with E-state index in [2.05, 4.69) is 0 Å². The molecule has 0 aliphatic rings. The second-order valence-electron chi connectivity index (χ2n) is 2.56. The van der Waals surface area contributed by atoms with Gasteiger partial charge < -0.3 is 14.9 Å². The fraction of sp³-hybridized carbons (Fsp3) is 0.600. The van der Waals surface area contributed by atoms with E-state index in [0.29, 0.717) is 0 Å². The van der Waals surface area contributed by atoms with Crippen LogP contribution in [0.5, 0.6) is 0 Å². The molecule has 76 valence electrons. The van der Waals surface area contributed by atoms with Gasteiger partial charge in [-0.05, 0) is 0 Å². The highest BCUT2D eigenvalue weighted by Gasteiger charge is 2.21. The standard InChI is InChI=1S/C5H11N2O5P/c1-7(2-5(8)9)4(6)3-13(10,11)12/h6H,2-3H2,1H3,(H3,8,9,10,11,12)/p+1. The highest BCUT2D eigenvalue weighted by molar-refractivity contribution is 7.52. The third-order valence-electron chi connectivity index (χ3n) is 1.23. The van der Waals surface area contributed by atoms with Gasteiger partial charge in [-0.3, -0.25) is 14.9 Å². The van der Waals surface area contributed by atoms with Gasteiger partial charge >= 0.3 is 13.6 Å². The van der Waals surface area contributed by atoms with Crippen molar-refractivity contribution in [1.82, 2.24) is 0 Å². The van der Waals surface area contributed by atoms with Crippen LogP contribution in [-0.2, 0) is 9.36 Å². The summed E-state index contributed by atoms with van der Waals surface area (Å²) >= 11 is 0. The topological polar surface area (TPSA) is 124 Å². The van der Waals surface area contributed by atoms with E-state index < -0.39 is 19.7 Å². The van der Waals surface area contributed by atoms with Crippen LogP contribution in [-0.4, -0.2) is 51.0 Å². The van der Waals surface area contributed by atoms with Crippen molar-refractivity contribution in [2.75, 3.05) is 19.8 Å². The van der Waals surface area contributed by atoms with Crippen LogP contribution in [0.15, 0.2) is 0 Å². The Morgan fingerprint density at radius 3 is 2.31 bits per heavy atom. The summed E-state index contributed by atoms with van der Waals surface area (Å²) in [5.41, 5.74) is 5.24. The SMILES string of the molecule is C[N+](CC(=O)O)=C(N)CP(=O)(O)O. The molecule has 8 heteroatoms. The van der Waals surface area contributed by atoms with Crippen molar-refractivity contribution in [1.29, 1.82) is 0 Å². The zero-order valence-electron chi connectivity index (χ0n) is 7.04.